The Kier molecular flexibility index (Phi) is 4.14. The van der Waals surface area contributed by atoms with E-state index in [0.29, 0.717) is 18.8 Å². The first kappa shape index (κ1) is 15.6. The number of anilines is 1. The zero-order valence-electron chi connectivity index (χ0n) is 12.9. The van der Waals surface area contributed by atoms with E-state index in [1.54, 1.807) is 0 Å². The van der Waals surface area contributed by atoms with Crippen molar-refractivity contribution in [1.29, 1.82) is 0 Å². The van der Waals surface area contributed by atoms with Gasteiger partial charge in [-0.3, -0.25) is 9.59 Å². The first-order valence-corrected chi connectivity index (χ1v) is 7.10. The van der Waals surface area contributed by atoms with Crippen molar-refractivity contribution in [3.63, 3.8) is 0 Å². The van der Waals surface area contributed by atoms with E-state index in [1.807, 2.05) is 6.92 Å². The van der Waals surface area contributed by atoms with Crippen molar-refractivity contribution in [2.75, 3.05) is 18.0 Å². The van der Waals surface area contributed by atoms with E-state index < -0.39 is 17.5 Å². The highest BCUT2D eigenvalue weighted by Gasteiger charge is 2.36. The fourth-order valence-corrected chi connectivity index (χ4v) is 2.31. The molecule has 114 valence electrons. The lowest BCUT2D eigenvalue weighted by molar-refractivity contribution is -0.114. The van der Waals surface area contributed by atoms with Crippen LogP contribution >= 0.6 is 0 Å². The largest absolute Gasteiger partial charge is 0.312 e. The van der Waals surface area contributed by atoms with E-state index in [0.717, 1.165) is 0 Å². The molecular weight excluding hydrogens is 271 g/mol. The molecule has 2 rings (SSSR count). The van der Waals surface area contributed by atoms with Crippen LogP contribution in [0.3, 0.4) is 0 Å². The van der Waals surface area contributed by atoms with E-state index in [-0.39, 0.29) is 17.0 Å². The van der Waals surface area contributed by atoms with Gasteiger partial charge in [-0.2, -0.15) is 0 Å². The van der Waals surface area contributed by atoms with Gasteiger partial charge in [-0.1, -0.05) is 6.92 Å². The van der Waals surface area contributed by atoms with Gasteiger partial charge in [-0.25, -0.2) is 4.39 Å². The normalized spacial score (nSPS) is 16.3. The molecule has 5 heteroatoms. The number of carbonyl (C=O) groups is 2. The standard InChI is InChI=1S/C16H21FN2O2/c1-10(8-18-16(2,3)4)9-19-13-7-11(17)5-6-12(13)14(20)15(19)21/h5-7,10,18H,8-9H2,1-4H3. The molecular formula is C16H21FN2O2. The van der Waals surface area contributed by atoms with Crippen molar-refractivity contribution < 1.29 is 14.0 Å². The van der Waals surface area contributed by atoms with Gasteiger partial charge in [0.15, 0.2) is 0 Å². The summed E-state index contributed by atoms with van der Waals surface area (Å²) in [6, 6.07) is 3.84. The van der Waals surface area contributed by atoms with Crippen LogP contribution in [0.25, 0.3) is 0 Å². The smallest absolute Gasteiger partial charge is 0.299 e. The Hall–Kier alpha value is -1.75. The van der Waals surface area contributed by atoms with Gasteiger partial charge in [0.25, 0.3) is 11.7 Å². The lowest BCUT2D eigenvalue weighted by atomic mass is 10.1. The zero-order chi connectivity index (χ0) is 15.8. The number of rotatable bonds is 4. The van der Waals surface area contributed by atoms with Gasteiger partial charge in [-0.15, -0.1) is 0 Å². The van der Waals surface area contributed by atoms with Gasteiger partial charge >= 0.3 is 0 Å². The summed E-state index contributed by atoms with van der Waals surface area (Å²) in [6.45, 7) is 9.29. The SMILES string of the molecule is CC(CNC(C)(C)C)CN1C(=O)C(=O)c2ccc(F)cc21. The molecule has 1 aromatic carbocycles. The molecule has 4 nitrogen and oxygen atoms in total. The van der Waals surface area contributed by atoms with Crippen LogP contribution in [0.2, 0.25) is 0 Å². The average Bonchev–Trinajstić information content (AvgIpc) is 2.60. The number of amides is 1. The van der Waals surface area contributed by atoms with Gasteiger partial charge in [0, 0.05) is 12.1 Å². The highest BCUT2D eigenvalue weighted by atomic mass is 19.1. The number of hydrogen-bond donors (Lipinski definition) is 1. The monoisotopic (exact) mass is 292 g/mol. The van der Waals surface area contributed by atoms with E-state index in [4.69, 9.17) is 0 Å². The topological polar surface area (TPSA) is 49.4 Å². The summed E-state index contributed by atoms with van der Waals surface area (Å²) in [5.74, 6) is -1.42. The summed E-state index contributed by atoms with van der Waals surface area (Å²) in [7, 11) is 0. The van der Waals surface area contributed by atoms with Gasteiger partial charge in [-0.05, 0) is 51.4 Å². The van der Waals surface area contributed by atoms with Crippen molar-refractivity contribution in [1.82, 2.24) is 5.32 Å². The summed E-state index contributed by atoms with van der Waals surface area (Å²) in [5.41, 5.74) is 0.660. The minimum Gasteiger partial charge on any atom is -0.312 e. The predicted molar refractivity (Wildman–Crippen MR) is 80.0 cm³/mol. The molecule has 1 N–H and O–H groups in total. The van der Waals surface area contributed by atoms with Gasteiger partial charge < -0.3 is 10.2 Å². The van der Waals surface area contributed by atoms with E-state index in [2.05, 4.69) is 26.1 Å². The summed E-state index contributed by atoms with van der Waals surface area (Å²) >= 11 is 0. The minimum atomic E-state index is -0.571. The lowest BCUT2D eigenvalue weighted by Crippen LogP contribution is -2.42. The van der Waals surface area contributed by atoms with Crippen molar-refractivity contribution in [2.24, 2.45) is 5.92 Å². The Morgan fingerprint density at radius 2 is 1.95 bits per heavy atom. The van der Waals surface area contributed by atoms with Crippen molar-refractivity contribution >= 4 is 17.4 Å². The van der Waals surface area contributed by atoms with Crippen LogP contribution in [0.15, 0.2) is 18.2 Å². The lowest BCUT2D eigenvalue weighted by Gasteiger charge is -2.26. The number of nitrogens with one attached hydrogen (secondary N) is 1. The van der Waals surface area contributed by atoms with Gasteiger partial charge in [0.2, 0.25) is 0 Å². The Morgan fingerprint density at radius 3 is 2.57 bits per heavy atom. The summed E-state index contributed by atoms with van der Waals surface area (Å²) in [5, 5.41) is 3.36. The summed E-state index contributed by atoms with van der Waals surface area (Å²) < 4.78 is 13.4. The third-order valence-corrected chi connectivity index (χ3v) is 3.41. The van der Waals surface area contributed by atoms with Gasteiger partial charge in [0.05, 0.1) is 11.3 Å². The maximum Gasteiger partial charge on any atom is 0.299 e. The van der Waals surface area contributed by atoms with Crippen LogP contribution in [-0.4, -0.2) is 30.3 Å². The van der Waals surface area contributed by atoms with E-state index in [1.165, 1.54) is 23.1 Å². The Labute approximate surface area is 124 Å². The maximum atomic E-state index is 13.4. The zero-order valence-corrected chi connectivity index (χ0v) is 12.9. The van der Waals surface area contributed by atoms with Crippen molar-refractivity contribution in [3.05, 3.63) is 29.6 Å². The van der Waals surface area contributed by atoms with Crippen LogP contribution in [0.4, 0.5) is 10.1 Å². The second-order valence-electron chi connectivity index (χ2n) is 6.64. The van der Waals surface area contributed by atoms with Crippen LogP contribution in [0, 0.1) is 11.7 Å². The fraction of sp³-hybridized carbons (Fsp3) is 0.500. The van der Waals surface area contributed by atoms with Crippen LogP contribution in [-0.2, 0) is 4.79 Å². The number of halogens is 1. The highest BCUT2D eigenvalue weighted by molar-refractivity contribution is 6.52. The fourth-order valence-electron chi connectivity index (χ4n) is 2.31. The second-order valence-corrected chi connectivity index (χ2v) is 6.64. The molecule has 1 heterocycles. The molecule has 0 spiro atoms. The highest BCUT2D eigenvalue weighted by Crippen LogP contribution is 2.30. The Morgan fingerprint density at radius 1 is 1.29 bits per heavy atom. The molecule has 1 aliphatic rings. The predicted octanol–water partition coefficient (Wildman–Crippen LogP) is 2.38. The summed E-state index contributed by atoms with van der Waals surface area (Å²) in [6.07, 6.45) is 0. The molecule has 1 aliphatic heterocycles. The van der Waals surface area contributed by atoms with Gasteiger partial charge in [0.1, 0.15) is 5.82 Å². The average molecular weight is 292 g/mol. The minimum absolute atomic E-state index is 0.0108. The maximum absolute atomic E-state index is 13.4. The van der Waals surface area contributed by atoms with E-state index >= 15 is 0 Å². The van der Waals surface area contributed by atoms with Crippen molar-refractivity contribution in [2.45, 2.75) is 33.2 Å². The number of carbonyl (C=O) groups excluding carboxylic acids is 2. The molecule has 0 saturated carbocycles. The first-order valence-electron chi connectivity index (χ1n) is 7.10. The third kappa shape index (κ3) is 3.47. The molecule has 0 fully saturated rings. The molecule has 0 saturated heterocycles. The quantitative estimate of drug-likeness (QED) is 0.867. The molecule has 1 amide bonds. The molecule has 1 atom stereocenters. The molecule has 1 unspecified atom stereocenters. The first-order chi connectivity index (χ1) is 9.69. The molecule has 0 aliphatic carbocycles. The Balaban J connectivity index is 2.12. The van der Waals surface area contributed by atoms with Crippen molar-refractivity contribution in [3.8, 4) is 0 Å². The number of benzene rings is 1. The van der Waals surface area contributed by atoms with Crippen LogP contribution < -0.4 is 10.2 Å². The van der Waals surface area contributed by atoms with Crippen LogP contribution in [0.1, 0.15) is 38.1 Å². The van der Waals surface area contributed by atoms with Crippen LogP contribution in [0.5, 0.6) is 0 Å². The number of nitrogens with zero attached hydrogens (tertiary/aromatic N) is 1. The number of ketones is 1. The molecule has 0 radical (unpaired) electrons. The number of fused-ring (bicyclic) bond motifs is 1. The molecule has 0 aromatic heterocycles. The third-order valence-electron chi connectivity index (χ3n) is 3.41. The number of hydrogen-bond acceptors (Lipinski definition) is 3. The molecule has 0 bridgehead atoms. The van der Waals surface area contributed by atoms with E-state index in [9.17, 15) is 14.0 Å². The second kappa shape index (κ2) is 5.56. The summed E-state index contributed by atoms with van der Waals surface area (Å²) in [4.78, 5) is 25.3. The Bertz CT molecular complexity index is 578. The number of Topliss-reactive ketones (excluding diaryl/α,β-unsaturated/α-hetero) is 1. The molecule has 1 aromatic rings. The molecule has 21 heavy (non-hydrogen) atoms.